The van der Waals surface area contributed by atoms with Crippen molar-refractivity contribution in [1.82, 2.24) is 29.5 Å². The number of nitrogens with zero attached hydrogens (tertiary/aromatic N) is 7. The number of rotatable bonds is 10. The van der Waals surface area contributed by atoms with E-state index >= 15 is 0 Å². The van der Waals surface area contributed by atoms with Crippen LogP contribution in [0.1, 0.15) is 18.4 Å². The Kier molecular flexibility index (Phi) is 10.3. The zero-order chi connectivity index (χ0) is 34.0. The number of likely N-dealkylation sites (tertiary alicyclic amines) is 1. The van der Waals surface area contributed by atoms with Crippen molar-refractivity contribution in [2.45, 2.75) is 25.8 Å². The first-order valence-corrected chi connectivity index (χ1v) is 19.6. The van der Waals surface area contributed by atoms with E-state index in [1.54, 1.807) is 50.8 Å². The van der Waals surface area contributed by atoms with Gasteiger partial charge in [0.1, 0.15) is 18.7 Å². The second kappa shape index (κ2) is 14.5. The summed E-state index contributed by atoms with van der Waals surface area (Å²) >= 11 is 3.59. The van der Waals surface area contributed by atoms with Crippen LogP contribution < -0.4 is 30.3 Å². The van der Waals surface area contributed by atoms with Crippen molar-refractivity contribution < 1.29 is 14.0 Å². The molecule has 0 atom stereocenters. The topological polar surface area (TPSA) is 113 Å². The first kappa shape index (κ1) is 34.2. The Bertz CT molecular complexity index is 1800. The molecule has 0 saturated carbocycles. The van der Waals surface area contributed by atoms with Gasteiger partial charge in [0, 0.05) is 55.5 Å². The summed E-state index contributed by atoms with van der Waals surface area (Å²) < 4.78 is 26.9. The van der Waals surface area contributed by atoms with E-state index in [0.29, 0.717) is 39.0 Å². The van der Waals surface area contributed by atoms with Crippen molar-refractivity contribution in [3.05, 3.63) is 59.0 Å². The van der Waals surface area contributed by atoms with Crippen molar-refractivity contribution in [3.63, 3.8) is 0 Å². The Hall–Kier alpha value is -3.64. The molecule has 0 bridgehead atoms. The highest BCUT2D eigenvalue weighted by atomic mass is 79.9. The molecule has 2 aliphatic heterocycles. The van der Waals surface area contributed by atoms with E-state index in [9.17, 15) is 4.57 Å². The van der Waals surface area contributed by atoms with Gasteiger partial charge in [0.25, 0.3) is 0 Å². The molecular formula is C34H45BrN9O3P. The summed E-state index contributed by atoms with van der Waals surface area (Å²) in [6, 6.07) is 10.6. The molecule has 14 heteroatoms. The fourth-order valence-electron chi connectivity index (χ4n) is 6.50. The third-order valence-electron chi connectivity index (χ3n) is 9.24. The highest BCUT2D eigenvalue weighted by Gasteiger charge is 2.27. The predicted molar refractivity (Wildman–Crippen MR) is 198 cm³/mol. The number of piperazine rings is 1. The highest BCUT2D eigenvalue weighted by Crippen LogP contribution is 2.40. The van der Waals surface area contributed by atoms with E-state index in [1.165, 1.54) is 31.6 Å². The quantitative estimate of drug-likeness (QED) is 0.196. The number of hydrogen-bond donors (Lipinski definition) is 2. The lowest BCUT2D eigenvalue weighted by atomic mass is 10.0. The third kappa shape index (κ3) is 7.64. The fourth-order valence-corrected chi connectivity index (χ4v) is 7.95. The average molecular weight is 739 g/mol. The van der Waals surface area contributed by atoms with Crippen LogP contribution in [0.4, 0.5) is 28.8 Å². The molecule has 2 aromatic heterocycles. The van der Waals surface area contributed by atoms with Crippen LogP contribution in [0.2, 0.25) is 0 Å². The molecule has 12 nitrogen and oxygen atoms in total. The van der Waals surface area contributed by atoms with Gasteiger partial charge in [-0.25, -0.2) is 9.67 Å². The fraction of sp³-hybridized carbons (Fsp3) is 0.441. The van der Waals surface area contributed by atoms with Crippen LogP contribution in [0.5, 0.6) is 11.5 Å². The van der Waals surface area contributed by atoms with E-state index < -0.39 is 7.14 Å². The van der Waals surface area contributed by atoms with E-state index in [0.717, 1.165) is 48.9 Å². The molecule has 0 spiro atoms. The number of aromatic nitrogens is 4. The van der Waals surface area contributed by atoms with Crippen LogP contribution >= 0.6 is 23.1 Å². The van der Waals surface area contributed by atoms with Crippen LogP contribution in [0.3, 0.4) is 0 Å². The number of aryl methyl sites for hydroxylation is 1. The number of piperidine rings is 1. The zero-order valence-corrected chi connectivity index (χ0v) is 31.0. The predicted octanol–water partition coefficient (Wildman–Crippen LogP) is 5.70. The molecule has 4 heterocycles. The molecule has 0 amide bonds. The van der Waals surface area contributed by atoms with Crippen LogP contribution in [0.25, 0.3) is 5.69 Å². The van der Waals surface area contributed by atoms with Crippen molar-refractivity contribution >= 4 is 57.2 Å². The van der Waals surface area contributed by atoms with Crippen molar-refractivity contribution in [2.75, 3.05) is 89.4 Å². The summed E-state index contributed by atoms with van der Waals surface area (Å²) in [5.41, 5.74) is 4.58. The smallest absolute Gasteiger partial charge is 0.229 e. The van der Waals surface area contributed by atoms with Gasteiger partial charge >= 0.3 is 0 Å². The summed E-state index contributed by atoms with van der Waals surface area (Å²) in [7, 11) is 2.80. The molecule has 2 aliphatic rings. The monoisotopic (exact) mass is 737 g/mol. The lowest BCUT2D eigenvalue weighted by Gasteiger charge is -2.43. The third-order valence-corrected chi connectivity index (χ3v) is 11.4. The number of nitrogens with one attached hydrogen (secondary N) is 2. The number of ether oxygens (including phenoxy) is 2. The second-order valence-corrected chi connectivity index (χ2v) is 17.0. The lowest BCUT2D eigenvalue weighted by Crippen LogP contribution is -2.53. The van der Waals surface area contributed by atoms with Gasteiger partial charge in [-0.2, -0.15) is 10.1 Å². The van der Waals surface area contributed by atoms with Crippen LogP contribution in [0, 0.1) is 6.92 Å². The maximum Gasteiger partial charge on any atom is 0.229 e. The number of anilines is 5. The van der Waals surface area contributed by atoms with Crippen LogP contribution in [-0.2, 0) is 4.57 Å². The van der Waals surface area contributed by atoms with Crippen molar-refractivity contribution in [3.8, 4) is 17.2 Å². The Morgan fingerprint density at radius 3 is 2.35 bits per heavy atom. The van der Waals surface area contributed by atoms with Crippen LogP contribution in [-0.4, -0.2) is 109 Å². The summed E-state index contributed by atoms with van der Waals surface area (Å²) in [5.74, 6) is 2.30. The van der Waals surface area contributed by atoms with Gasteiger partial charge in [-0.3, -0.25) is 4.90 Å². The molecule has 48 heavy (non-hydrogen) atoms. The first-order chi connectivity index (χ1) is 23.0. The van der Waals surface area contributed by atoms with Gasteiger partial charge in [-0.05, 0) is 99.0 Å². The standard InChI is InChI=1S/C34H45BrN9O3P/c1-23-17-29(31(47-4)19-30(23)43-15-13-42(14-16-43)24-9-11-41(2)12-10-24)39-34-36-21-27(35)33(40-34)38-28-8-7-25(18-32(28)48(5,6)45)44-22-26(46-3)20-37-44/h7-8,17-22,24H,9-16H2,1-6H3,(H2,36,38,39,40). The number of hydrogen-bond acceptors (Lipinski definition) is 11. The molecule has 6 rings (SSSR count). The molecule has 2 saturated heterocycles. The molecule has 0 radical (unpaired) electrons. The molecule has 2 aromatic carbocycles. The number of benzene rings is 2. The second-order valence-electron chi connectivity index (χ2n) is 12.9. The molecule has 0 unspecified atom stereocenters. The molecular weight excluding hydrogens is 693 g/mol. The summed E-state index contributed by atoms with van der Waals surface area (Å²) in [6.45, 7) is 12.1. The SMILES string of the molecule is COc1cnn(-c2ccc(Nc3nc(Nc4cc(C)c(N5CCN(C6CCN(C)CC6)CC5)cc4OC)ncc3Br)c(P(C)(C)=O)c2)c1. The van der Waals surface area contributed by atoms with Gasteiger partial charge in [-0.15, -0.1) is 0 Å². The Balaban J connectivity index is 1.19. The Labute approximate surface area is 291 Å². The van der Waals surface area contributed by atoms with Crippen molar-refractivity contribution in [1.29, 1.82) is 0 Å². The van der Waals surface area contributed by atoms with Crippen molar-refractivity contribution in [2.24, 2.45) is 0 Å². The van der Waals surface area contributed by atoms with Gasteiger partial charge in [0.15, 0.2) is 5.75 Å². The molecule has 256 valence electrons. The molecule has 4 aromatic rings. The first-order valence-electron chi connectivity index (χ1n) is 16.2. The number of methoxy groups -OCH3 is 2. The van der Waals surface area contributed by atoms with E-state index in [4.69, 9.17) is 14.5 Å². The highest BCUT2D eigenvalue weighted by molar-refractivity contribution is 9.10. The Morgan fingerprint density at radius 1 is 0.938 bits per heavy atom. The minimum Gasteiger partial charge on any atom is -0.494 e. The largest absolute Gasteiger partial charge is 0.494 e. The molecule has 2 N–H and O–H groups in total. The maximum atomic E-state index is 13.4. The molecule has 2 fully saturated rings. The summed E-state index contributed by atoms with van der Waals surface area (Å²) in [6.07, 6.45) is 7.62. The summed E-state index contributed by atoms with van der Waals surface area (Å²) in [5, 5.41) is 11.8. The lowest BCUT2D eigenvalue weighted by molar-refractivity contribution is 0.115. The van der Waals surface area contributed by atoms with E-state index in [1.807, 2.05) is 18.2 Å². The van der Waals surface area contributed by atoms with Crippen LogP contribution in [0.15, 0.2) is 53.4 Å². The Morgan fingerprint density at radius 2 is 1.69 bits per heavy atom. The average Bonchev–Trinajstić information content (AvgIpc) is 3.56. The van der Waals surface area contributed by atoms with Gasteiger partial charge < -0.3 is 34.5 Å². The van der Waals surface area contributed by atoms with Gasteiger partial charge in [-0.1, -0.05) is 0 Å². The summed E-state index contributed by atoms with van der Waals surface area (Å²) in [4.78, 5) is 16.9. The normalized spacial score (nSPS) is 16.6. The number of halogens is 1. The van der Waals surface area contributed by atoms with E-state index in [2.05, 4.69) is 77.5 Å². The van der Waals surface area contributed by atoms with Gasteiger partial charge in [0.05, 0.1) is 48.1 Å². The van der Waals surface area contributed by atoms with E-state index in [-0.39, 0.29) is 0 Å². The van der Waals surface area contributed by atoms with Gasteiger partial charge in [0.2, 0.25) is 5.95 Å². The maximum absolute atomic E-state index is 13.4. The minimum atomic E-state index is -2.70. The molecule has 0 aliphatic carbocycles. The minimum absolute atomic E-state index is 0.399. The zero-order valence-electron chi connectivity index (χ0n) is 28.5.